The number of unbranched alkanes of at least 4 members (excludes halogenated alkanes) is 12. The molecule has 0 aliphatic carbocycles. The van der Waals surface area contributed by atoms with Crippen molar-refractivity contribution in [2.75, 3.05) is 47.5 Å². The molecule has 306 valence electrons. The predicted octanol–water partition coefficient (Wildman–Crippen LogP) is 10.7. The maximum absolute atomic E-state index is 12.6. The number of phosphoric acid groups is 1. The van der Waals surface area contributed by atoms with E-state index in [9.17, 15) is 19.0 Å². The largest absolute Gasteiger partial charge is 0.756 e. The summed E-state index contributed by atoms with van der Waals surface area (Å²) in [5.41, 5.74) is 0. The van der Waals surface area contributed by atoms with Crippen molar-refractivity contribution in [3.8, 4) is 0 Å². The number of esters is 2. The summed E-state index contributed by atoms with van der Waals surface area (Å²) in [4.78, 5) is 37.4. The number of carbonyl (C=O) groups excluding carboxylic acids is 2. The van der Waals surface area contributed by atoms with Gasteiger partial charge in [0, 0.05) is 12.8 Å². The van der Waals surface area contributed by atoms with Gasteiger partial charge >= 0.3 is 11.9 Å². The van der Waals surface area contributed by atoms with Gasteiger partial charge in [0.25, 0.3) is 7.82 Å². The lowest BCUT2D eigenvalue weighted by atomic mass is 10.1. The number of rotatable bonds is 36. The monoisotopic (exact) mass is 766 g/mol. The lowest BCUT2D eigenvalue weighted by molar-refractivity contribution is -0.870. The third kappa shape index (κ3) is 39.2. The Morgan fingerprint density at radius 1 is 0.604 bits per heavy atom. The van der Waals surface area contributed by atoms with E-state index in [1.54, 1.807) is 0 Å². The van der Waals surface area contributed by atoms with Crippen LogP contribution in [0.3, 0.4) is 0 Å². The van der Waals surface area contributed by atoms with E-state index in [0.717, 1.165) is 70.6 Å². The number of hydrogen-bond donors (Lipinski definition) is 0. The van der Waals surface area contributed by atoms with Gasteiger partial charge in [-0.05, 0) is 77.0 Å². The first-order chi connectivity index (χ1) is 25.5. The van der Waals surface area contributed by atoms with Gasteiger partial charge in [-0.25, -0.2) is 0 Å². The van der Waals surface area contributed by atoms with E-state index in [0.29, 0.717) is 23.9 Å². The van der Waals surface area contributed by atoms with Crippen LogP contribution in [0.4, 0.5) is 0 Å². The minimum Gasteiger partial charge on any atom is -0.756 e. The molecule has 0 heterocycles. The van der Waals surface area contributed by atoms with Crippen LogP contribution >= 0.6 is 7.82 Å². The maximum atomic E-state index is 12.6. The molecule has 9 nitrogen and oxygen atoms in total. The molecule has 0 N–H and O–H groups in total. The third-order valence-electron chi connectivity index (χ3n) is 8.27. The Bertz CT molecular complexity index is 1090. The second-order valence-corrected chi connectivity index (χ2v) is 16.0. The van der Waals surface area contributed by atoms with Crippen LogP contribution in [-0.2, 0) is 32.7 Å². The Morgan fingerprint density at radius 3 is 1.66 bits per heavy atom. The van der Waals surface area contributed by atoms with Crippen LogP contribution in [-0.4, -0.2) is 70.0 Å². The Balaban J connectivity index is 4.50. The van der Waals surface area contributed by atoms with E-state index in [1.807, 2.05) is 21.1 Å². The van der Waals surface area contributed by atoms with Crippen LogP contribution in [0.1, 0.15) is 149 Å². The van der Waals surface area contributed by atoms with Crippen LogP contribution in [0.25, 0.3) is 0 Å². The summed E-state index contributed by atoms with van der Waals surface area (Å²) in [5.74, 6) is -0.899. The molecular formula is C43H76NO8P. The summed E-state index contributed by atoms with van der Waals surface area (Å²) in [5, 5.41) is 0. The Labute approximate surface area is 324 Å². The fraction of sp³-hybridized carbons (Fsp3) is 0.721. The van der Waals surface area contributed by atoms with Gasteiger partial charge in [-0.15, -0.1) is 0 Å². The topological polar surface area (TPSA) is 111 Å². The first kappa shape index (κ1) is 50.7. The number of hydrogen-bond acceptors (Lipinski definition) is 8. The van der Waals surface area contributed by atoms with Gasteiger partial charge < -0.3 is 27.9 Å². The lowest BCUT2D eigenvalue weighted by Crippen LogP contribution is -2.37. The van der Waals surface area contributed by atoms with Crippen LogP contribution in [0, 0.1) is 0 Å². The van der Waals surface area contributed by atoms with E-state index in [1.165, 1.54) is 38.5 Å². The van der Waals surface area contributed by atoms with Crippen LogP contribution < -0.4 is 4.89 Å². The van der Waals surface area contributed by atoms with Crippen molar-refractivity contribution in [3.05, 3.63) is 60.8 Å². The molecule has 0 fully saturated rings. The van der Waals surface area contributed by atoms with Crippen molar-refractivity contribution in [1.29, 1.82) is 0 Å². The van der Waals surface area contributed by atoms with Gasteiger partial charge in [0.15, 0.2) is 6.10 Å². The molecule has 0 radical (unpaired) electrons. The highest BCUT2D eigenvalue weighted by Gasteiger charge is 2.21. The van der Waals surface area contributed by atoms with Gasteiger partial charge in [0.05, 0.1) is 27.7 Å². The summed E-state index contributed by atoms with van der Waals surface area (Å²) in [6.07, 6.45) is 41.1. The van der Waals surface area contributed by atoms with Crippen LogP contribution in [0.2, 0.25) is 0 Å². The van der Waals surface area contributed by atoms with E-state index in [4.69, 9.17) is 18.5 Å². The molecule has 0 saturated carbocycles. The molecule has 0 aliphatic rings. The van der Waals surface area contributed by atoms with Gasteiger partial charge in [-0.3, -0.25) is 14.2 Å². The third-order valence-corrected chi connectivity index (χ3v) is 9.24. The van der Waals surface area contributed by atoms with Crippen molar-refractivity contribution < 1.29 is 42.1 Å². The molecule has 1 unspecified atom stereocenters. The fourth-order valence-electron chi connectivity index (χ4n) is 5.05. The zero-order chi connectivity index (χ0) is 39.3. The zero-order valence-corrected chi connectivity index (χ0v) is 35.1. The normalized spacial score (nSPS) is 14.3. The molecule has 0 aromatic heterocycles. The molecule has 10 heteroatoms. The highest BCUT2D eigenvalue weighted by Crippen LogP contribution is 2.38. The fourth-order valence-corrected chi connectivity index (χ4v) is 5.78. The first-order valence-electron chi connectivity index (χ1n) is 20.5. The predicted molar refractivity (Wildman–Crippen MR) is 217 cm³/mol. The average molecular weight is 766 g/mol. The summed E-state index contributed by atoms with van der Waals surface area (Å²) in [7, 11) is 1.13. The Kier molecular flexibility index (Phi) is 33.9. The SMILES string of the molecule is CC/C=C\C/C=C\C/C=C\C/C=C\CCCCC(=O)OC[C@H](COP(=O)([O-])OCC[N+](C)(C)C)OC(=O)CCCCCCC/C=C\CCCCCCC. The van der Waals surface area contributed by atoms with Crippen molar-refractivity contribution in [3.63, 3.8) is 0 Å². The van der Waals surface area contributed by atoms with E-state index in [2.05, 4.69) is 74.6 Å². The van der Waals surface area contributed by atoms with Crippen LogP contribution in [0.5, 0.6) is 0 Å². The molecule has 2 atom stereocenters. The van der Waals surface area contributed by atoms with Crippen LogP contribution in [0.15, 0.2) is 60.8 Å². The second-order valence-electron chi connectivity index (χ2n) is 14.6. The van der Waals surface area contributed by atoms with Gasteiger partial charge in [-0.2, -0.15) is 0 Å². The molecule has 0 amide bonds. The number of quaternary nitrogens is 1. The summed E-state index contributed by atoms with van der Waals surface area (Å²) >= 11 is 0. The van der Waals surface area contributed by atoms with E-state index >= 15 is 0 Å². The minimum atomic E-state index is -4.63. The number of ether oxygens (including phenoxy) is 2. The molecule has 0 spiro atoms. The Hall–Kier alpha value is -2.29. The smallest absolute Gasteiger partial charge is 0.306 e. The molecular weight excluding hydrogens is 689 g/mol. The summed E-state index contributed by atoms with van der Waals surface area (Å²) < 4.78 is 33.8. The lowest BCUT2D eigenvalue weighted by Gasteiger charge is -2.28. The number of likely N-dealkylation sites (N-methyl/N-ethyl adjacent to an activating group) is 1. The molecule has 0 bridgehead atoms. The minimum absolute atomic E-state index is 0.0416. The molecule has 0 saturated heterocycles. The zero-order valence-electron chi connectivity index (χ0n) is 34.2. The van der Waals surface area contributed by atoms with Gasteiger partial charge in [0.2, 0.25) is 0 Å². The number of phosphoric ester groups is 1. The van der Waals surface area contributed by atoms with Crippen molar-refractivity contribution in [1.82, 2.24) is 0 Å². The highest BCUT2D eigenvalue weighted by atomic mass is 31.2. The molecule has 0 aromatic carbocycles. The summed E-state index contributed by atoms with van der Waals surface area (Å²) in [6.45, 7) is 4.02. The molecule has 0 aliphatic heterocycles. The quantitative estimate of drug-likeness (QED) is 0.0204. The Morgan fingerprint density at radius 2 is 1.08 bits per heavy atom. The van der Waals surface area contributed by atoms with Gasteiger partial charge in [0.1, 0.15) is 19.8 Å². The van der Waals surface area contributed by atoms with E-state index < -0.39 is 32.5 Å². The molecule has 0 aromatic rings. The number of carbonyl (C=O) groups is 2. The van der Waals surface area contributed by atoms with Gasteiger partial charge in [-0.1, -0.05) is 120 Å². The molecule has 53 heavy (non-hydrogen) atoms. The van der Waals surface area contributed by atoms with E-state index in [-0.39, 0.29) is 26.1 Å². The number of nitrogens with zero attached hydrogens (tertiary/aromatic N) is 1. The summed E-state index contributed by atoms with van der Waals surface area (Å²) in [6, 6.07) is 0. The molecule has 0 rings (SSSR count). The first-order valence-corrected chi connectivity index (χ1v) is 22.0. The number of allylic oxidation sites excluding steroid dienone is 10. The second kappa shape index (κ2) is 35.4. The standard InChI is InChI=1S/C43H76NO8P/c1-6-8-10-12-14-16-18-20-22-24-25-27-29-31-33-35-42(45)49-39-41(40-51-53(47,48)50-38-37-44(3,4)5)52-43(46)36-34-32-30-28-26-23-21-19-17-15-13-11-9-7-2/h8,10,14,16,19-22,25,27,41H,6-7,9,11-13,15,17-18,23-24,26,28-40H2,1-5H3/b10-8-,16-14-,21-19-,22-20-,27-25-/t41-/m1/s1. The van der Waals surface area contributed by atoms with Crippen molar-refractivity contribution in [2.24, 2.45) is 0 Å². The van der Waals surface area contributed by atoms with Crippen molar-refractivity contribution in [2.45, 2.75) is 155 Å². The maximum Gasteiger partial charge on any atom is 0.306 e. The van der Waals surface area contributed by atoms with Crippen molar-refractivity contribution >= 4 is 19.8 Å². The highest BCUT2D eigenvalue weighted by molar-refractivity contribution is 7.45. The average Bonchev–Trinajstić information content (AvgIpc) is 3.10.